The van der Waals surface area contributed by atoms with Crippen LogP contribution in [0.3, 0.4) is 0 Å². The molecule has 0 saturated carbocycles. The Hall–Kier alpha value is -2.36. The topological polar surface area (TPSA) is 52.3 Å². The molecule has 0 spiro atoms. The maximum atomic E-state index is 13.7. The predicted octanol–water partition coefficient (Wildman–Crippen LogP) is 3.17. The van der Waals surface area contributed by atoms with Gasteiger partial charge in [-0.15, -0.1) is 0 Å². The monoisotopic (exact) mass is 259 g/mol. The molecule has 0 aliphatic carbocycles. The van der Waals surface area contributed by atoms with Crippen LogP contribution >= 0.6 is 0 Å². The number of aryl methyl sites for hydroxylation is 1. The summed E-state index contributed by atoms with van der Waals surface area (Å²) < 4.78 is 18.4. The Bertz CT molecular complexity index is 621. The van der Waals surface area contributed by atoms with Gasteiger partial charge in [0.05, 0.1) is 12.7 Å². The molecule has 0 bridgehead atoms. The van der Waals surface area contributed by atoms with Crippen molar-refractivity contribution >= 4 is 11.7 Å². The van der Waals surface area contributed by atoms with E-state index in [1.54, 1.807) is 31.2 Å². The van der Waals surface area contributed by atoms with Crippen molar-refractivity contribution in [2.24, 2.45) is 0 Å². The lowest BCUT2D eigenvalue weighted by molar-refractivity contribution is 0.0601. The van der Waals surface area contributed by atoms with Crippen LogP contribution in [0.15, 0.2) is 36.4 Å². The average Bonchev–Trinajstić information content (AvgIpc) is 2.41. The molecule has 0 atom stereocenters. The van der Waals surface area contributed by atoms with Crippen molar-refractivity contribution in [2.75, 3.05) is 12.8 Å². The van der Waals surface area contributed by atoms with Crippen molar-refractivity contribution in [3.8, 4) is 11.1 Å². The molecule has 0 unspecified atom stereocenters. The number of ether oxygens (including phenoxy) is 1. The van der Waals surface area contributed by atoms with Crippen molar-refractivity contribution in [2.45, 2.75) is 6.92 Å². The minimum absolute atomic E-state index is 0.339. The highest BCUT2D eigenvalue weighted by molar-refractivity contribution is 5.97. The number of nitrogens with two attached hydrogens (primary N) is 1. The first-order valence-electron chi connectivity index (χ1n) is 5.77. The molecular formula is C15H14FNO2. The third-order valence-corrected chi connectivity index (χ3v) is 2.93. The SMILES string of the molecule is COC(=O)c1cc(C)c(F)cc1-c1ccc(N)cc1. The van der Waals surface area contributed by atoms with E-state index >= 15 is 0 Å². The van der Waals surface area contributed by atoms with Crippen LogP contribution in [0, 0.1) is 12.7 Å². The van der Waals surface area contributed by atoms with Gasteiger partial charge in [0.15, 0.2) is 0 Å². The van der Waals surface area contributed by atoms with E-state index in [2.05, 4.69) is 0 Å². The molecule has 19 heavy (non-hydrogen) atoms. The van der Waals surface area contributed by atoms with Gasteiger partial charge in [-0.2, -0.15) is 0 Å². The number of anilines is 1. The summed E-state index contributed by atoms with van der Waals surface area (Å²) in [4.78, 5) is 11.8. The summed E-state index contributed by atoms with van der Waals surface area (Å²) in [6.45, 7) is 1.61. The number of methoxy groups -OCH3 is 1. The van der Waals surface area contributed by atoms with Crippen LogP contribution in [0.25, 0.3) is 11.1 Å². The fraction of sp³-hybridized carbons (Fsp3) is 0.133. The molecule has 0 amide bonds. The van der Waals surface area contributed by atoms with Crippen LogP contribution in [-0.4, -0.2) is 13.1 Å². The molecule has 0 fully saturated rings. The fourth-order valence-corrected chi connectivity index (χ4v) is 1.86. The molecule has 2 aromatic carbocycles. The number of nitrogen functional groups attached to an aromatic ring is 1. The van der Waals surface area contributed by atoms with Gasteiger partial charge >= 0.3 is 5.97 Å². The molecule has 3 nitrogen and oxygen atoms in total. The Morgan fingerprint density at radius 1 is 1.21 bits per heavy atom. The molecule has 0 saturated heterocycles. The van der Waals surface area contributed by atoms with Gasteiger partial charge in [-0.1, -0.05) is 12.1 Å². The molecule has 98 valence electrons. The van der Waals surface area contributed by atoms with Crippen molar-refractivity contribution in [3.63, 3.8) is 0 Å². The van der Waals surface area contributed by atoms with Gasteiger partial charge in [0.2, 0.25) is 0 Å². The van der Waals surface area contributed by atoms with Gasteiger partial charge in [-0.05, 0) is 47.9 Å². The third kappa shape index (κ3) is 2.57. The number of esters is 1. The fourth-order valence-electron chi connectivity index (χ4n) is 1.86. The van der Waals surface area contributed by atoms with E-state index in [1.165, 1.54) is 19.2 Å². The molecule has 0 heterocycles. The first-order valence-corrected chi connectivity index (χ1v) is 5.77. The zero-order chi connectivity index (χ0) is 14.0. The van der Waals surface area contributed by atoms with Crippen LogP contribution < -0.4 is 5.73 Å². The van der Waals surface area contributed by atoms with Crippen molar-refractivity contribution in [1.82, 2.24) is 0 Å². The molecule has 4 heteroatoms. The molecule has 0 aromatic heterocycles. The normalized spacial score (nSPS) is 10.3. The standard InChI is InChI=1S/C15H14FNO2/c1-9-7-13(15(18)19-2)12(8-14(9)16)10-3-5-11(17)6-4-10/h3-8H,17H2,1-2H3. The van der Waals surface area contributed by atoms with Crippen LogP contribution in [0.1, 0.15) is 15.9 Å². The van der Waals surface area contributed by atoms with E-state index in [0.717, 1.165) is 0 Å². The Labute approximate surface area is 110 Å². The van der Waals surface area contributed by atoms with Gasteiger partial charge in [0.1, 0.15) is 5.82 Å². The largest absolute Gasteiger partial charge is 0.465 e. The minimum atomic E-state index is -0.491. The molecular weight excluding hydrogens is 245 g/mol. The van der Waals surface area contributed by atoms with Crippen LogP contribution in [0.2, 0.25) is 0 Å². The highest BCUT2D eigenvalue weighted by atomic mass is 19.1. The minimum Gasteiger partial charge on any atom is -0.465 e. The number of rotatable bonds is 2. The number of hydrogen-bond acceptors (Lipinski definition) is 3. The van der Waals surface area contributed by atoms with E-state index < -0.39 is 5.97 Å². The Balaban J connectivity index is 2.63. The number of hydrogen-bond donors (Lipinski definition) is 1. The first kappa shape index (κ1) is 13.1. The smallest absolute Gasteiger partial charge is 0.338 e. The van der Waals surface area contributed by atoms with Crippen LogP contribution in [0.4, 0.5) is 10.1 Å². The highest BCUT2D eigenvalue weighted by Crippen LogP contribution is 2.27. The summed E-state index contributed by atoms with van der Waals surface area (Å²) in [7, 11) is 1.30. The Morgan fingerprint density at radius 3 is 2.42 bits per heavy atom. The lowest BCUT2D eigenvalue weighted by Crippen LogP contribution is -2.05. The highest BCUT2D eigenvalue weighted by Gasteiger charge is 2.16. The van der Waals surface area contributed by atoms with E-state index in [4.69, 9.17) is 10.5 Å². The summed E-state index contributed by atoms with van der Waals surface area (Å²) in [5.74, 6) is -0.852. The van der Waals surface area contributed by atoms with Crippen molar-refractivity contribution in [1.29, 1.82) is 0 Å². The summed E-state index contributed by atoms with van der Waals surface area (Å²) in [6, 6.07) is 9.72. The molecule has 2 aromatic rings. The number of carbonyl (C=O) groups is 1. The lowest BCUT2D eigenvalue weighted by Gasteiger charge is -2.10. The molecule has 2 rings (SSSR count). The molecule has 0 aliphatic heterocycles. The van der Waals surface area contributed by atoms with Gasteiger partial charge in [-0.25, -0.2) is 9.18 Å². The molecule has 2 N–H and O–H groups in total. The summed E-state index contributed by atoms with van der Waals surface area (Å²) >= 11 is 0. The quantitative estimate of drug-likeness (QED) is 0.665. The number of halogens is 1. The van der Waals surface area contributed by atoms with Gasteiger partial charge in [0.25, 0.3) is 0 Å². The second kappa shape index (κ2) is 5.10. The summed E-state index contributed by atoms with van der Waals surface area (Å²) in [5.41, 5.74) is 8.18. The Kier molecular flexibility index (Phi) is 3.51. The summed E-state index contributed by atoms with van der Waals surface area (Å²) in [6.07, 6.45) is 0. The zero-order valence-electron chi connectivity index (χ0n) is 10.7. The maximum absolute atomic E-state index is 13.7. The molecule has 0 aliphatic rings. The summed E-state index contributed by atoms with van der Waals surface area (Å²) in [5, 5.41) is 0. The van der Waals surface area contributed by atoms with Crippen molar-refractivity contribution < 1.29 is 13.9 Å². The number of benzene rings is 2. The van der Waals surface area contributed by atoms with E-state index in [0.29, 0.717) is 27.9 Å². The molecule has 0 radical (unpaired) electrons. The van der Waals surface area contributed by atoms with E-state index in [1.807, 2.05) is 0 Å². The third-order valence-electron chi connectivity index (χ3n) is 2.93. The second-order valence-corrected chi connectivity index (χ2v) is 4.26. The van der Waals surface area contributed by atoms with Crippen LogP contribution in [-0.2, 0) is 4.74 Å². The lowest BCUT2D eigenvalue weighted by atomic mass is 9.97. The van der Waals surface area contributed by atoms with Gasteiger partial charge in [0, 0.05) is 5.69 Å². The second-order valence-electron chi connectivity index (χ2n) is 4.26. The maximum Gasteiger partial charge on any atom is 0.338 e. The Morgan fingerprint density at radius 2 is 1.84 bits per heavy atom. The van der Waals surface area contributed by atoms with Gasteiger partial charge in [-0.3, -0.25) is 0 Å². The van der Waals surface area contributed by atoms with E-state index in [-0.39, 0.29) is 5.82 Å². The van der Waals surface area contributed by atoms with Crippen molar-refractivity contribution in [3.05, 3.63) is 53.3 Å². The first-order chi connectivity index (χ1) is 9.02. The van der Waals surface area contributed by atoms with E-state index in [9.17, 15) is 9.18 Å². The number of carbonyl (C=O) groups excluding carboxylic acids is 1. The average molecular weight is 259 g/mol. The van der Waals surface area contributed by atoms with Gasteiger partial charge < -0.3 is 10.5 Å². The zero-order valence-corrected chi connectivity index (χ0v) is 10.7. The predicted molar refractivity (Wildman–Crippen MR) is 72.3 cm³/mol. The van der Waals surface area contributed by atoms with Crippen LogP contribution in [0.5, 0.6) is 0 Å².